The van der Waals surface area contributed by atoms with Crippen LogP contribution < -0.4 is 10.0 Å². The van der Waals surface area contributed by atoms with Gasteiger partial charge in [0.2, 0.25) is 10.0 Å². The Hall–Kier alpha value is -3.52. The van der Waals surface area contributed by atoms with E-state index in [9.17, 15) is 13.2 Å². The molecular weight excluding hydrogens is 482 g/mol. The van der Waals surface area contributed by atoms with Gasteiger partial charge in [-0.05, 0) is 54.5 Å². The van der Waals surface area contributed by atoms with Gasteiger partial charge in [0, 0.05) is 40.6 Å². The second-order valence-corrected chi connectivity index (χ2v) is 10.1. The smallest absolute Gasteiger partial charge is 0.240 e. The molecule has 0 aliphatic heterocycles. The molecule has 0 unspecified atom stereocenters. The molecule has 0 radical (unpaired) electrons. The van der Waals surface area contributed by atoms with E-state index < -0.39 is 10.0 Å². The van der Waals surface area contributed by atoms with Crippen LogP contribution in [0.3, 0.4) is 0 Å². The molecule has 178 valence electrons. The van der Waals surface area contributed by atoms with E-state index in [0.717, 1.165) is 22.0 Å². The maximum absolute atomic E-state index is 12.6. The van der Waals surface area contributed by atoms with Crippen molar-refractivity contribution in [2.24, 2.45) is 0 Å². The Kier molecular flexibility index (Phi) is 7.92. The Bertz CT molecular complexity index is 1450. The van der Waals surface area contributed by atoms with E-state index in [2.05, 4.69) is 15.0 Å². The summed E-state index contributed by atoms with van der Waals surface area (Å²) < 4.78 is 27.8. The Labute approximate surface area is 209 Å². The number of sulfonamides is 1. The molecule has 35 heavy (non-hydrogen) atoms. The number of aromatic nitrogens is 1. The first kappa shape index (κ1) is 24.6. The van der Waals surface area contributed by atoms with Crippen LogP contribution in [0, 0.1) is 0 Å². The second-order valence-electron chi connectivity index (χ2n) is 7.86. The molecule has 1 aromatic heterocycles. The van der Waals surface area contributed by atoms with Crippen molar-refractivity contribution in [1.29, 1.82) is 0 Å². The monoisotopic (exact) mass is 505 g/mol. The van der Waals surface area contributed by atoms with Gasteiger partial charge in [-0.1, -0.05) is 54.1 Å². The number of ketones is 1. The molecule has 4 aromatic rings. The van der Waals surface area contributed by atoms with Gasteiger partial charge in [0.1, 0.15) is 0 Å². The number of carbonyl (C=O) groups excluding carboxylic acids is 1. The summed E-state index contributed by atoms with van der Waals surface area (Å²) in [6.07, 6.45) is 7.26. The van der Waals surface area contributed by atoms with E-state index in [4.69, 9.17) is 11.6 Å². The van der Waals surface area contributed by atoms with Gasteiger partial charge in [0.05, 0.1) is 16.8 Å². The highest BCUT2D eigenvalue weighted by Gasteiger charge is 2.14. The largest absolute Gasteiger partial charge is 0.383 e. The second kappa shape index (κ2) is 11.3. The summed E-state index contributed by atoms with van der Waals surface area (Å²) in [4.78, 5) is 16.7. The maximum Gasteiger partial charge on any atom is 0.240 e. The van der Waals surface area contributed by atoms with E-state index in [1.54, 1.807) is 18.5 Å². The van der Waals surface area contributed by atoms with E-state index in [1.807, 2.05) is 48.5 Å². The SMILES string of the molecule is O=C(/C=C/c1ccccc1)c1ccc(S(=O)(=O)NCCCNc2cncc3cc(Cl)ccc23)cc1. The first-order chi connectivity index (χ1) is 16.9. The van der Waals surface area contributed by atoms with Crippen molar-refractivity contribution in [3.63, 3.8) is 0 Å². The van der Waals surface area contributed by atoms with Crippen LogP contribution in [0.2, 0.25) is 5.02 Å². The van der Waals surface area contributed by atoms with Crippen molar-refractivity contribution >= 4 is 49.9 Å². The number of anilines is 1. The Morgan fingerprint density at radius 2 is 1.71 bits per heavy atom. The van der Waals surface area contributed by atoms with Crippen molar-refractivity contribution in [3.05, 3.63) is 107 Å². The van der Waals surface area contributed by atoms with Crippen LogP contribution in [0.15, 0.2) is 96.2 Å². The van der Waals surface area contributed by atoms with Crippen molar-refractivity contribution in [2.75, 3.05) is 18.4 Å². The van der Waals surface area contributed by atoms with Crippen LogP contribution >= 0.6 is 11.6 Å². The molecule has 6 nitrogen and oxygen atoms in total. The lowest BCUT2D eigenvalue weighted by Crippen LogP contribution is -2.26. The minimum absolute atomic E-state index is 0.115. The van der Waals surface area contributed by atoms with Gasteiger partial charge >= 0.3 is 0 Å². The number of halogens is 1. The van der Waals surface area contributed by atoms with Crippen LogP contribution in [-0.2, 0) is 10.0 Å². The van der Waals surface area contributed by atoms with Gasteiger partial charge in [0.15, 0.2) is 5.78 Å². The van der Waals surface area contributed by atoms with Gasteiger partial charge < -0.3 is 5.32 Å². The number of hydrogen-bond acceptors (Lipinski definition) is 5. The fraction of sp³-hybridized carbons (Fsp3) is 0.111. The highest BCUT2D eigenvalue weighted by atomic mass is 35.5. The summed E-state index contributed by atoms with van der Waals surface area (Å²) in [6, 6.07) is 21.0. The Morgan fingerprint density at radius 1 is 0.943 bits per heavy atom. The number of benzene rings is 3. The molecule has 4 rings (SSSR count). The Balaban J connectivity index is 1.28. The third-order valence-corrected chi connectivity index (χ3v) is 7.07. The third kappa shape index (κ3) is 6.54. The number of pyridine rings is 1. The summed E-state index contributed by atoms with van der Waals surface area (Å²) in [7, 11) is -3.68. The molecule has 0 aliphatic carbocycles. The first-order valence-electron chi connectivity index (χ1n) is 11.1. The molecule has 0 spiro atoms. The van der Waals surface area contributed by atoms with Crippen molar-refractivity contribution in [3.8, 4) is 0 Å². The van der Waals surface area contributed by atoms with Gasteiger partial charge in [-0.2, -0.15) is 0 Å². The van der Waals surface area contributed by atoms with Crippen molar-refractivity contribution < 1.29 is 13.2 Å². The van der Waals surface area contributed by atoms with Gasteiger partial charge in [-0.3, -0.25) is 9.78 Å². The zero-order chi connectivity index (χ0) is 24.7. The number of nitrogens with zero attached hydrogens (tertiary/aromatic N) is 1. The topological polar surface area (TPSA) is 88.2 Å². The number of fused-ring (bicyclic) bond motifs is 1. The van der Waals surface area contributed by atoms with Crippen LogP contribution in [-0.4, -0.2) is 32.3 Å². The molecule has 0 saturated heterocycles. The number of allylic oxidation sites excluding steroid dienone is 1. The zero-order valence-electron chi connectivity index (χ0n) is 18.8. The fourth-order valence-corrected chi connectivity index (χ4v) is 4.77. The molecule has 0 fully saturated rings. The number of hydrogen-bond donors (Lipinski definition) is 2. The third-order valence-electron chi connectivity index (χ3n) is 5.36. The highest BCUT2D eigenvalue weighted by Crippen LogP contribution is 2.24. The first-order valence-corrected chi connectivity index (χ1v) is 12.9. The van der Waals surface area contributed by atoms with Crippen LogP contribution in [0.25, 0.3) is 16.8 Å². The number of carbonyl (C=O) groups is 1. The van der Waals surface area contributed by atoms with Crippen LogP contribution in [0.5, 0.6) is 0 Å². The highest BCUT2D eigenvalue weighted by molar-refractivity contribution is 7.89. The number of nitrogens with one attached hydrogen (secondary N) is 2. The molecule has 0 saturated carbocycles. The summed E-state index contributed by atoms with van der Waals surface area (Å²) in [5.41, 5.74) is 2.20. The number of rotatable bonds is 10. The van der Waals surface area contributed by atoms with E-state index in [1.165, 1.54) is 30.3 Å². The lowest BCUT2D eigenvalue weighted by atomic mass is 10.1. The molecule has 8 heteroatoms. The molecule has 0 aliphatic rings. The molecule has 3 aromatic carbocycles. The predicted molar refractivity (Wildman–Crippen MR) is 141 cm³/mol. The van der Waals surface area contributed by atoms with Crippen molar-refractivity contribution in [1.82, 2.24) is 9.71 Å². The summed E-state index contributed by atoms with van der Waals surface area (Å²) in [6.45, 7) is 0.826. The van der Waals surface area contributed by atoms with Crippen molar-refractivity contribution in [2.45, 2.75) is 11.3 Å². The minimum Gasteiger partial charge on any atom is -0.383 e. The molecule has 0 bridgehead atoms. The van der Waals surface area contributed by atoms with Gasteiger partial charge in [-0.15, -0.1) is 0 Å². The van der Waals surface area contributed by atoms with E-state index in [0.29, 0.717) is 23.6 Å². The average Bonchev–Trinajstić information content (AvgIpc) is 2.87. The normalized spacial score (nSPS) is 11.7. The zero-order valence-corrected chi connectivity index (χ0v) is 20.4. The minimum atomic E-state index is -3.68. The van der Waals surface area contributed by atoms with Gasteiger partial charge in [-0.25, -0.2) is 13.1 Å². The lowest BCUT2D eigenvalue weighted by molar-refractivity contribution is 0.104. The molecule has 0 atom stereocenters. The molecular formula is C27H24ClN3O3S. The van der Waals surface area contributed by atoms with E-state index >= 15 is 0 Å². The molecule has 1 heterocycles. The van der Waals surface area contributed by atoms with E-state index in [-0.39, 0.29) is 17.2 Å². The Morgan fingerprint density at radius 3 is 2.49 bits per heavy atom. The summed E-state index contributed by atoms with van der Waals surface area (Å²) >= 11 is 6.04. The molecule has 2 N–H and O–H groups in total. The summed E-state index contributed by atoms with van der Waals surface area (Å²) in [5, 5.41) is 5.87. The summed E-state index contributed by atoms with van der Waals surface area (Å²) in [5.74, 6) is -0.193. The standard InChI is InChI=1S/C27H24ClN3O3S/c28-23-10-13-25-22(17-23)18-29-19-26(25)30-15-4-16-31-35(33,34)24-11-8-21(9-12-24)27(32)14-7-20-5-2-1-3-6-20/h1-3,5-14,17-19,30-31H,4,15-16H2/b14-7+. The average molecular weight is 506 g/mol. The molecule has 0 amide bonds. The predicted octanol–water partition coefficient (Wildman–Crippen LogP) is 5.56. The maximum atomic E-state index is 12.6. The lowest BCUT2D eigenvalue weighted by Gasteiger charge is -2.10. The quantitative estimate of drug-likeness (QED) is 0.167. The van der Waals surface area contributed by atoms with Crippen LogP contribution in [0.4, 0.5) is 5.69 Å². The fourth-order valence-electron chi connectivity index (χ4n) is 3.52. The van der Waals surface area contributed by atoms with Crippen LogP contribution in [0.1, 0.15) is 22.3 Å². The van der Waals surface area contributed by atoms with Gasteiger partial charge in [0.25, 0.3) is 0 Å².